The molecule has 0 bridgehead atoms. The number of hydrogen-bond donors (Lipinski definition) is 2. The Hall–Kier alpha value is -1.98. The normalized spacial score (nSPS) is 9.80. The van der Waals surface area contributed by atoms with Crippen molar-refractivity contribution in [3.05, 3.63) is 17.4 Å². The van der Waals surface area contributed by atoms with E-state index in [1.807, 2.05) is 0 Å². The third-order valence-corrected chi connectivity index (χ3v) is 1.84. The van der Waals surface area contributed by atoms with E-state index in [2.05, 4.69) is 0 Å². The van der Waals surface area contributed by atoms with Gasteiger partial charge in [0.05, 0.1) is 19.9 Å². The lowest BCUT2D eigenvalue weighted by atomic mass is 10.1. The molecule has 0 fully saturated rings. The molecule has 0 atom stereocenters. The van der Waals surface area contributed by atoms with Crippen LogP contribution in [-0.4, -0.2) is 25.3 Å². The predicted octanol–water partition coefficient (Wildman–Crippen LogP) is 1.12. The topological polar surface area (TPSA) is 81.8 Å². The summed E-state index contributed by atoms with van der Waals surface area (Å²) in [6.45, 7) is 0. The molecule has 5 nitrogen and oxygen atoms in total. The fraction of sp³-hybridized carbons (Fsp3) is 0.222. The number of benzene rings is 1. The molecule has 6 heteroatoms. The molecule has 0 aliphatic carbocycles. The van der Waals surface area contributed by atoms with Crippen molar-refractivity contribution in [2.75, 3.05) is 20.0 Å². The van der Waals surface area contributed by atoms with Crippen molar-refractivity contribution in [2.45, 2.75) is 0 Å². The van der Waals surface area contributed by atoms with Crippen LogP contribution in [0.15, 0.2) is 6.07 Å². The maximum absolute atomic E-state index is 13.4. The van der Waals surface area contributed by atoms with Crippen LogP contribution in [0.5, 0.6) is 11.5 Å². The lowest BCUT2D eigenvalue weighted by Crippen LogP contribution is -2.06. The van der Waals surface area contributed by atoms with Crippen molar-refractivity contribution < 1.29 is 23.8 Å². The Balaban J connectivity index is 3.54. The van der Waals surface area contributed by atoms with E-state index in [4.69, 9.17) is 20.3 Å². The summed E-state index contributed by atoms with van der Waals surface area (Å²) in [6.07, 6.45) is 0. The lowest BCUT2D eigenvalue weighted by molar-refractivity contribution is 0.0692. The number of hydrogen-bond acceptors (Lipinski definition) is 4. The zero-order chi connectivity index (χ0) is 11.6. The molecule has 0 heterocycles. The molecule has 0 amide bonds. The highest BCUT2D eigenvalue weighted by molar-refractivity contribution is 5.93. The Kier molecular flexibility index (Phi) is 2.99. The Labute approximate surface area is 85.2 Å². The fourth-order valence-electron chi connectivity index (χ4n) is 1.18. The average molecular weight is 215 g/mol. The van der Waals surface area contributed by atoms with Crippen molar-refractivity contribution in [1.29, 1.82) is 0 Å². The van der Waals surface area contributed by atoms with E-state index < -0.39 is 11.8 Å². The average Bonchev–Trinajstić information content (AvgIpc) is 2.20. The molecule has 0 saturated carbocycles. The molecule has 0 unspecified atom stereocenters. The largest absolute Gasteiger partial charge is 0.492 e. The summed E-state index contributed by atoms with van der Waals surface area (Å²) in [5, 5.41) is 8.82. The van der Waals surface area contributed by atoms with Crippen molar-refractivity contribution in [3.8, 4) is 11.5 Å². The molecule has 82 valence electrons. The number of nitrogen functional groups attached to an aromatic ring is 1. The summed E-state index contributed by atoms with van der Waals surface area (Å²) >= 11 is 0. The smallest absolute Gasteiger partial charge is 0.339 e. The van der Waals surface area contributed by atoms with Gasteiger partial charge in [-0.3, -0.25) is 0 Å². The number of nitrogens with two attached hydrogens (primary N) is 1. The maximum Gasteiger partial charge on any atom is 0.339 e. The van der Waals surface area contributed by atoms with Crippen molar-refractivity contribution in [3.63, 3.8) is 0 Å². The molecule has 0 aliphatic heterocycles. The third-order valence-electron chi connectivity index (χ3n) is 1.84. The zero-order valence-corrected chi connectivity index (χ0v) is 8.20. The van der Waals surface area contributed by atoms with Gasteiger partial charge >= 0.3 is 5.97 Å². The molecule has 1 rings (SSSR count). The number of carboxylic acid groups (broad SMARTS) is 1. The molecule has 3 N–H and O–H groups in total. The van der Waals surface area contributed by atoms with Crippen LogP contribution in [0.3, 0.4) is 0 Å². The van der Waals surface area contributed by atoms with E-state index in [0.29, 0.717) is 0 Å². The van der Waals surface area contributed by atoms with E-state index in [9.17, 15) is 9.18 Å². The monoisotopic (exact) mass is 215 g/mol. The highest BCUT2D eigenvalue weighted by Gasteiger charge is 2.22. The van der Waals surface area contributed by atoms with Crippen LogP contribution < -0.4 is 15.2 Å². The number of aromatic carboxylic acids is 1. The number of methoxy groups -OCH3 is 2. The number of carboxylic acids is 1. The Morgan fingerprint density at radius 2 is 1.93 bits per heavy atom. The summed E-state index contributed by atoms with van der Waals surface area (Å²) in [5.74, 6) is -2.59. The summed E-state index contributed by atoms with van der Waals surface area (Å²) < 4.78 is 22.8. The molecule has 0 aromatic heterocycles. The van der Waals surface area contributed by atoms with Crippen molar-refractivity contribution in [1.82, 2.24) is 0 Å². The van der Waals surface area contributed by atoms with E-state index >= 15 is 0 Å². The number of rotatable bonds is 3. The van der Waals surface area contributed by atoms with Gasteiger partial charge in [0.15, 0.2) is 17.3 Å². The molecule has 15 heavy (non-hydrogen) atoms. The van der Waals surface area contributed by atoms with Crippen LogP contribution in [0.25, 0.3) is 0 Å². The Morgan fingerprint density at radius 1 is 1.40 bits per heavy atom. The lowest BCUT2D eigenvalue weighted by Gasteiger charge is -2.12. The van der Waals surface area contributed by atoms with Gasteiger partial charge in [-0.1, -0.05) is 0 Å². The van der Waals surface area contributed by atoms with Crippen LogP contribution in [0.2, 0.25) is 0 Å². The van der Waals surface area contributed by atoms with Gasteiger partial charge in [-0.15, -0.1) is 0 Å². The summed E-state index contributed by atoms with van der Waals surface area (Å²) in [6, 6.07) is 0.985. The molecular formula is C9H10FNO4. The fourth-order valence-corrected chi connectivity index (χ4v) is 1.18. The SMILES string of the molecule is COc1c(C(=O)O)cc(N)c(F)c1OC. The highest BCUT2D eigenvalue weighted by atomic mass is 19.1. The Morgan fingerprint density at radius 3 is 2.33 bits per heavy atom. The van der Waals surface area contributed by atoms with Gasteiger partial charge in [0, 0.05) is 0 Å². The summed E-state index contributed by atoms with van der Waals surface area (Å²) in [7, 11) is 2.42. The minimum Gasteiger partial charge on any atom is -0.492 e. The van der Waals surface area contributed by atoms with Crippen LogP contribution in [0.1, 0.15) is 10.4 Å². The number of anilines is 1. The minimum absolute atomic E-state index is 0.184. The van der Waals surface area contributed by atoms with Crippen LogP contribution in [0.4, 0.5) is 10.1 Å². The maximum atomic E-state index is 13.4. The van der Waals surface area contributed by atoms with E-state index in [1.165, 1.54) is 14.2 Å². The summed E-state index contributed by atoms with van der Waals surface area (Å²) in [5.41, 5.74) is 4.74. The van der Waals surface area contributed by atoms with Gasteiger partial charge in [-0.25, -0.2) is 9.18 Å². The second-order valence-electron chi connectivity index (χ2n) is 2.70. The van der Waals surface area contributed by atoms with Gasteiger partial charge < -0.3 is 20.3 Å². The molecule has 0 radical (unpaired) electrons. The highest BCUT2D eigenvalue weighted by Crippen LogP contribution is 2.37. The predicted molar refractivity (Wildman–Crippen MR) is 50.9 cm³/mol. The van der Waals surface area contributed by atoms with Crippen molar-refractivity contribution >= 4 is 11.7 Å². The van der Waals surface area contributed by atoms with Gasteiger partial charge in [0.25, 0.3) is 0 Å². The van der Waals surface area contributed by atoms with Crippen LogP contribution in [-0.2, 0) is 0 Å². The molecule has 1 aromatic rings. The van der Waals surface area contributed by atoms with Crippen LogP contribution >= 0.6 is 0 Å². The first-order valence-corrected chi connectivity index (χ1v) is 3.96. The molecule has 0 aliphatic rings. The van der Waals surface area contributed by atoms with Crippen molar-refractivity contribution in [2.24, 2.45) is 0 Å². The van der Waals surface area contributed by atoms with Gasteiger partial charge in [-0.2, -0.15) is 0 Å². The molecule has 0 saturated heterocycles. The minimum atomic E-state index is -1.27. The summed E-state index contributed by atoms with van der Waals surface area (Å²) in [4.78, 5) is 10.8. The second-order valence-corrected chi connectivity index (χ2v) is 2.70. The van der Waals surface area contributed by atoms with Gasteiger partial charge in [0.2, 0.25) is 0 Å². The first-order chi connectivity index (χ1) is 7.02. The zero-order valence-electron chi connectivity index (χ0n) is 8.20. The van der Waals surface area contributed by atoms with E-state index in [1.54, 1.807) is 0 Å². The van der Waals surface area contributed by atoms with Gasteiger partial charge in [0.1, 0.15) is 5.56 Å². The number of ether oxygens (including phenoxy) is 2. The third kappa shape index (κ3) is 1.78. The van der Waals surface area contributed by atoms with Gasteiger partial charge in [-0.05, 0) is 6.07 Å². The Bertz CT molecular complexity index is 406. The molecule has 0 spiro atoms. The molecule has 1 aromatic carbocycles. The quantitative estimate of drug-likeness (QED) is 0.738. The number of carbonyl (C=O) groups is 1. The van der Waals surface area contributed by atoms with Crippen LogP contribution in [0, 0.1) is 5.82 Å². The first kappa shape index (κ1) is 11.1. The first-order valence-electron chi connectivity index (χ1n) is 3.96. The van der Waals surface area contributed by atoms with E-state index in [-0.39, 0.29) is 22.7 Å². The second kappa shape index (κ2) is 4.04. The standard InChI is InChI=1S/C9H10FNO4/c1-14-7-4(9(12)13)3-5(11)6(10)8(7)15-2/h3H,11H2,1-2H3,(H,12,13). The molecular weight excluding hydrogens is 205 g/mol. The van der Waals surface area contributed by atoms with E-state index in [0.717, 1.165) is 6.07 Å². The number of halogens is 1.